The van der Waals surface area contributed by atoms with Crippen molar-refractivity contribution in [2.45, 2.75) is 44.7 Å². The monoisotopic (exact) mass is 266 g/mol. The van der Waals surface area contributed by atoms with Crippen LogP contribution in [0.1, 0.15) is 32.1 Å². The van der Waals surface area contributed by atoms with Crippen molar-refractivity contribution < 1.29 is 14.7 Å². The van der Waals surface area contributed by atoms with E-state index in [9.17, 15) is 9.59 Å². The summed E-state index contributed by atoms with van der Waals surface area (Å²) in [5, 5.41) is 16.4. The molecule has 1 aromatic rings. The molecule has 2 rings (SSSR count). The lowest BCUT2D eigenvalue weighted by Crippen LogP contribution is -2.45. The number of carboxylic acids is 1. The van der Waals surface area contributed by atoms with Crippen LogP contribution in [0.15, 0.2) is 12.4 Å². The molecule has 0 radical (unpaired) electrons. The summed E-state index contributed by atoms with van der Waals surface area (Å²) in [6.07, 6.45) is 6.36. The molecule has 0 bridgehead atoms. The van der Waals surface area contributed by atoms with E-state index in [-0.39, 0.29) is 18.4 Å². The Balaban J connectivity index is 1.89. The molecule has 1 saturated heterocycles. The average molecular weight is 266 g/mol. The van der Waals surface area contributed by atoms with Crippen molar-refractivity contribution in [3.63, 3.8) is 0 Å². The molecule has 1 unspecified atom stereocenters. The van der Waals surface area contributed by atoms with Gasteiger partial charge in [-0.2, -0.15) is 0 Å². The van der Waals surface area contributed by atoms with Crippen LogP contribution in [0.2, 0.25) is 0 Å². The van der Waals surface area contributed by atoms with Crippen LogP contribution >= 0.6 is 0 Å². The summed E-state index contributed by atoms with van der Waals surface area (Å²) in [7, 11) is 0. The quantitative estimate of drug-likeness (QED) is 0.839. The van der Waals surface area contributed by atoms with E-state index in [0.29, 0.717) is 19.5 Å². The third-order valence-electron chi connectivity index (χ3n) is 3.38. The third-order valence-corrected chi connectivity index (χ3v) is 3.38. The highest BCUT2D eigenvalue weighted by Gasteiger charge is 2.27. The lowest BCUT2D eigenvalue weighted by atomic mass is 9.99. The van der Waals surface area contributed by atoms with E-state index in [4.69, 9.17) is 5.11 Å². The van der Waals surface area contributed by atoms with E-state index in [0.717, 1.165) is 19.3 Å². The van der Waals surface area contributed by atoms with E-state index in [1.165, 1.54) is 0 Å². The number of hydrogen-bond acceptors (Lipinski definition) is 4. The minimum atomic E-state index is -0.846. The molecule has 1 fully saturated rings. The number of aryl methyl sites for hydroxylation is 1. The standard InChI is InChI=1S/C12H18N4O3/c17-11(4-7-15-8-5-13-14-15)16-6-2-1-3-10(16)9-12(18)19/h5,8,10H,1-4,6-7,9H2,(H,18,19). The number of carbonyl (C=O) groups is 2. The molecule has 1 amide bonds. The molecule has 0 aromatic carbocycles. The number of carbonyl (C=O) groups excluding carboxylic acids is 1. The number of amides is 1. The molecule has 19 heavy (non-hydrogen) atoms. The van der Waals surface area contributed by atoms with Gasteiger partial charge in [-0.3, -0.25) is 14.3 Å². The summed E-state index contributed by atoms with van der Waals surface area (Å²) in [4.78, 5) is 24.7. The normalized spacial score (nSPS) is 19.4. The van der Waals surface area contributed by atoms with Gasteiger partial charge >= 0.3 is 5.97 Å². The Hall–Kier alpha value is -1.92. The van der Waals surface area contributed by atoms with Crippen molar-refractivity contribution in [2.75, 3.05) is 6.54 Å². The van der Waals surface area contributed by atoms with Gasteiger partial charge in [-0.1, -0.05) is 5.21 Å². The van der Waals surface area contributed by atoms with Crippen molar-refractivity contribution in [2.24, 2.45) is 0 Å². The molecule has 1 N–H and O–H groups in total. The van der Waals surface area contributed by atoms with Gasteiger partial charge < -0.3 is 10.0 Å². The summed E-state index contributed by atoms with van der Waals surface area (Å²) in [5.41, 5.74) is 0. The Kier molecular flexibility index (Phi) is 4.48. The SMILES string of the molecule is O=C(O)CC1CCCCN1C(=O)CCn1ccnn1. The molecular formula is C12H18N4O3. The zero-order valence-corrected chi connectivity index (χ0v) is 10.7. The summed E-state index contributed by atoms with van der Waals surface area (Å²) in [6.45, 7) is 1.14. The van der Waals surface area contributed by atoms with Crippen LogP contribution in [0.4, 0.5) is 0 Å². The van der Waals surface area contributed by atoms with Crippen LogP contribution in [-0.2, 0) is 16.1 Å². The van der Waals surface area contributed by atoms with Crippen molar-refractivity contribution in [3.8, 4) is 0 Å². The highest BCUT2D eigenvalue weighted by atomic mass is 16.4. The Bertz CT molecular complexity index is 432. The number of aromatic nitrogens is 3. The van der Waals surface area contributed by atoms with Crippen molar-refractivity contribution in [1.29, 1.82) is 0 Å². The molecular weight excluding hydrogens is 248 g/mol. The molecule has 0 aliphatic carbocycles. The molecule has 1 aromatic heterocycles. The first-order chi connectivity index (χ1) is 9.16. The predicted molar refractivity (Wildman–Crippen MR) is 66.2 cm³/mol. The fourth-order valence-electron chi connectivity index (χ4n) is 2.45. The molecule has 0 spiro atoms. The smallest absolute Gasteiger partial charge is 0.305 e. The molecule has 1 atom stereocenters. The number of piperidine rings is 1. The van der Waals surface area contributed by atoms with E-state index in [2.05, 4.69) is 10.3 Å². The van der Waals surface area contributed by atoms with E-state index in [1.807, 2.05) is 0 Å². The van der Waals surface area contributed by atoms with E-state index < -0.39 is 5.97 Å². The molecule has 7 heteroatoms. The molecule has 2 heterocycles. The molecule has 0 saturated carbocycles. The Morgan fingerprint density at radius 3 is 2.89 bits per heavy atom. The topological polar surface area (TPSA) is 88.3 Å². The van der Waals surface area contributed by atoms with E-state index in [1.54, 1.807) is 22.0 Å². The van der Waals surface area contributed by atoms with Crippen LogP contribution in [0.25, 0.3) is 0 Å². The number of nitrogens with zero attached hydrogens (tertiary/aromatic N) is 4. The fourth-order valence-corrected chi connectivity index (χ4v) is 2.45. The number of likely N-dealkylation sites (tertiary alicyclic amines) is 1. The molecule has 7 nitrogen and oxygen atoms in total. The first-order valence-corrected chi connectivity index (χ1v) is 6.52. The molecule has 1 aliphatic rings. The third kappa shape index (κ3) is 3.77. The Morgan fingerprint density at radius 1 is 1.37 bits per heavy atom. The van der Waals surface area contributed by atoms with Crippen LogP contribution in [0.3, 0.4) is 0 Å². The first kappa shape index (κ1) is 13.5. The van der Waals surface area contributed by atoms with Crippen molar-refractivity contribution in [1.82, 2.24) is 19.9 Å². The maximum Gasteiger partial charge on any atom is 0.305 e. The number of rotatable bonds is 5. The highest BCUT2D eigenvalue weighted by molar-refractivity contribution is 5.77. The average Bonchev–Trinajstić information content (AvgIpc) is 2.89. The second-order valence-corrected chi connectivity index (χ2v) is 4.75. The fraction of sp³-hybridized carbons (Fsp3) is 0.667. The lowest BCUT2D eigenvalue weighted by Gasteiger charge is -2.35. The lowest BCUT2D eigenvalue weighted by molar-refractivity contribution is -0.142. The Morgan fingerprint density at radius 2 is 2.21 bits per heavy atom. The summed E-state index contributed by atoms with van der Waals surface area (Å²) in [5.74, 6) is -0.845. The van der Waals surface area contributed by atoms with Gasteiger partial charge in [-0.05, 0) is 19.3 Å². The zero-order chi connectivity index (χ0) is 13.7. The maximum atomic E-state index is 12.2. The highest BCUT2D eigenvalue weighted by Crippen LogP contribution is 2.20. The minimum Gasteiger partial charge on any atom is -0.481 e. The van der Waals surface area contributed by atoms with Crippen molar-refractivity contribution in [3.05, 3.63) is 12.4 Å². The van der Waals surface area contributed by atoms with E-state index >= 15 is 0 Å². The number of hydrogen-bond donors (Lipinski definition) is 1. The molecule has 1 aliphatic heterocycles. The molecule has 104 valence electrons. The number of aliphatic carboxylic acids is 1. The van der Waals surface area contributed by atoms with Crippen LogP contribution in [0.5, 0.6) is 0 Å². The van der Waals surface area contributed by atoms with Gasteiger partial charge in [0.25, 0.3) is 0 Å². The maximum absolute atomic E-state index is 12.2. The van der Waals surface area contributed by atoms with Crippen LogP contribution < -0.4 is 0 Å². The zero-order valence-electron chi connectivity index (χ0n) is 10.7. The number of carboxylic acid groups (broad SMARTS) is 1. The van der Waals surface area contributed by atoms with Gasteiger partial charge in [-0.25, -0.2) is 0 Å². The van der Waals surface area contributed by atoms with Crippen molar-refractivity contribution >= 4 is 11.9 Å². The minimum absolute atomic E-state index is 0.00134. The summed E-state index contributed by atoms with van der Waals surface area (Å²) < 4.78 is 1.61. The summed E-state index contributed by atoms with van der Waals surface area (Å²) in [6, 6.07) is -0.158. The van der Waals surface area contributed by atoms with Crippen LogP contribution in [0, 0.1) is 0 Å². The summed E-state index contributed by atoms with van der Waals surface area (Å²) >= 11 is 0. The van der Waals surface area contributed by atoms with Gasteiger partial charge in [0.2, 0.25) is 5.91 Å². The van der Waals surface area contributed by atoms with Gasteiger partial charge in [-0.15, -0.1) is 5.10 Å². The van der Waals surface area contributed by atoms with Gasteiger partial charge in [0.05, 0.1) is 19.2 Å². The predicted octanol–water partition coefficient (Wildman–Crippen LogP) is 0.524. The van der Waals surface area contributed by atoms with Gasteiger partial charge in [0.1, 0.15) is 0 Å². The largest absolute Gasteiger partial charge is 0.481 e. The van der Waals surface area contributed by atoms with Gasteiger partial charge in [0.15, 0.2) is 0 Å². The Labute approximate surface area is 111 Å². The van der Waals surface area contributed by atoms with Crippen LogP contribution in [-0.4, -0.2) is 49.5 Å². The second kappa shape index (κ2) is 6.31. The van der Waals surface area contributed by atoms with Gasteiger partial charge in [0, 0.05) is 25.2 Å². The first-order valence-electron chi connectivity index (χ1n) is 6.52. The second-order valence-electron chi connectivity index (χ2n) is 4.75.